The molecule has 5 amide bonds. The molecule has 2 aliphatic rings. The van der Waals surface area contributed by atoms with Crippen molar-refractivity contribution in [3.8, 4) is 0 Å². The van der Waals surface area contributed by atoms with Gasteiger partial charge in [-0.15, -0.1) is 0 Å². The molecule has 3 N–H and O–H groups in total. The first kappa shape index (κ1) is 25.2. The van der Waals surface area contributed by atoms with E-state index in [1.165, 1.54) is 26.8 Å². The first-order valence-corrected chi connectivity index (χ1v) is 11.2. The molecule has 0 aromatic heterocycles. The monoisotopic (exact) mass is 521 g/mol. The summed E-state index contributed by atoms with van der Waals surface area (Å²) in [4.78, 5) is 41.0. The summed E-state index contributed by atoms with van der Waals surface area (Å²) in [5.41, 5.74) is 7.04. The van der Waals surface area contributed by atoms with Crippen LogP contribution in [-0.2, 0) is 22.7 Å². The van der Waals surface area contributed by atoms with Gasteiger partial charge in [0.1, 0.15) is 24.9 Å². The van der Waals surface area contributed by atoms with Crippen molar-refractivity contribution in [1.82, 2.24) is 9.32 Å². The van der Waals surface area contributed by atoms with Crippen molar-refractivity contribution < 1.29 is 33.0 Å². The lowest BCUT2D eigenvalue weighted by molar-refractivity contribution is -0.119. The summed E-state index contributed by atoms with van der Waals surface area (Å²) in [5, 5.41) is 9.13. The molecule has 36 heavy (non-hydrogen) atoms. The van der Waals surface area contributed by atoms with Gasteiger partial charge in [-0.3, -0.25) is 14.6 Å². The van der Waals surface area contributed by atoms with Crippen molar-refractivity contribution in [3.63, 3.8) is 0 Å². The number of anilines is 2. The van der Waals surface area contributed by atoms with E-state index in [0.29, 0.717) is 16.9 Å². The summed E-state index contributed by atoms with van der Waals surface area (Å²) in [5.74, 6) is -1.87. The average Bonchev–Trinajstić information content (AvgIpc) is 3.22. The summed E-state index contributed by atoms with van der Waals surface area (Å²) in [6, 6.07) is 6.71. The molecular formula is C23H22ClF2N5O5. The number of aliphatic hydroxyl groups excluding tert-OH is 1. The minimum absolute atomic E-state index is 0.00784. The van der Waals surface area contributed by atoms with E-state index >= 15 is 0 Å². The number of hydrogen-bond donors (Lipinski definition) is 2. The smallest absolute Gasteiger partial charge is 0.342 e. The molecule has 0 spiro atoms. The highest BCUT2D eigenvalue weighted by atomic mass is 35.5. The Balaban J connectivity index is 1.47. The molecule has 0 atom stereocenters. The fourth-order valence-electron chi connectivity index (χ4n) is 3.86. The van der Waals surface area contributed by atoms with Crippen molar-refractivity contribution in [2.45, 2.75) is 19.6 Å². The zero-order valence-electron chi connectivity index (χ0n) is 18.9. The number of benzene rings is 2. The van der Waals surface area contributed by atoms with E-state index in [-0.39, 0.29) is 56.7 Å². The van der Waals surface area contributed by atoms with Gasteiger partial charge in [-0.2, -0.15) is 4.42 Å². The average molecular weight is 522 g/mol. The molecule has 0 saturated carbocycles. The minimum Gasteiger partial charge on any atom is -0.473 e. The Morgan fingerprint density at radius 2 is 1.89 bits per heavy atom. The molecule has 0 bridgehead atoms. The molecule has 0 fully saturated rings. The molecule has 0 unspecified atom stereocenters. The predicted octanol–water partition coefficient (Wildman–Crippen LogP) is 2.99. The van der Waals surface area contributed by atoms with Crippen molar-refractivity contribution >= 4 is 41.1 Å². The highest BCUT2D eigenvalue weighted by molar-refractivity contribution is 6.22. The molecule has 13 heteroatoms. The second-order valence-electron chi connectivity index (χ2n) is 8.04. The predicted molar refractivity (Wildman–Crippen MR) is 125 cm³/mol. The van der Waals surface area contributed by atoms with Crippen LogP contribution in [-0.4, -0.2) is 52.2 Å². The number of hydrogen-bond acceptors (Lipinski definition) is 5. The number of nitrogens with zero attached hydrogens (tertiary/aromatic N) is 4. The molecule has 2 aromatic rings. The third-order valence-electron chi connectivity index (χ3n) is 5.68. The van der Waals surface area contributed by atoms with Gasteiger partial charge in [-0.05, 0) is 35.9 Å². The van der Waals surface area contributed by atoms with E-state index < -0.39 is 23.7 Å². The van der Waals surface area contributed by atoms with Gasteiger partial charge in [0.2, 0.25) is 11.8 Å². The standard InChI is InChI=1S/C23H22ClF2N5O5/c24-31-21(36-12-15-2-3-16(25)10-17(15)26)5-7-28(23(31)35)11-14-1-4-18-19(9-14)29(20(33)6-8-32)13-30(18)22(27)34/h1-5,9-10,32H,6-8,11-13H2,(H2,27,34). The second kappa shape index (κ2) is 10.4. The van der Waals surface area contributed by atoms with Crippen LogP contribution in [0.5, 0.6) is 0 Å². The number of carbonyl (C=O) groups is 3. The molecule has 2 aromatic carbocycles. The lowest BCUT2D eigenvalue weighted by Crippen LogP contribution is -2.42. The lowest BCUT2D eigenvalue weighted by Gasteiger charge is -2.31. The van der Waals surface area contributed by atoms with Crippen LogP contribution < -0.4 is 15.5 Å². The van der Waals surface area contributed by atoms with Gasteiger partial charge >= 0.3 is 12.1 Å². The van der Waals surface area contributed by atoms with Crippen molar-refractivity contribution in [3.05, 3.63) is 71.1 Å². The number of rotatable bonds is 7. The van der Waals surface area contributed by atoms with E-state index in [9.17, 15) is 23.2 Å². The molecule has 0 aliphatic carbocycles. The molecule has 10 nitrogen and oxygen atoms in total. The van der Waals surface area contributed by atoms with E-state index in [2.05, 4.69) is 0 Å². The lowest BCUT2D eigenvalue weighted by atomic mass is 10.1. The topological polar surface area (TPSA) is 120 Å². The van der Waals surface area contributed by atoms with Gasteiger partial charge in [0, 0.05) is 36.5 Å². The molecule has 2 heterocycles. The first-order valence-electron chi connectivity index (χ1n) is 10.8. The fourth-order valence-corrected chi connectivity index (χ4v) is 4.09. The number of fused-ring (bicyclic) bond motifs is 1. The first-order chi connectivity index (χ1) is 17.2. The van der Waals surface area contributed by atoms with Crippen LogP contribution >= 0.6 is 11.8 Å². The van der Waals surface area contributed by atoms with Crippen LogP contribution in [0.2, 0.25) is 0 Å². The second-order valence-corrected chi connectivity index (χ2v) is 8.37. The van der Waals surface area contributed by atoms with Crippen molar-refractivity contribution in [2.24, 2.45) is 5.73 Å². The van der Waals surface area contributed by atoms with Crippen molar-refractivity contribution in [2.75, 3.05) is 29.6 Å². The number of amides is 5. The van der Waals surface area contributed by atoms with Gasteiger partial charge in [0.25, 0.3) is 0 Å². The van der Waals surface area contributed by atoms with Crippen molar-refractivity contribution in [1.29, 1.82) is 0 Å². The summed E-state index contributed by atoms with van der Waals surface area (Å²) < 4.78 is 33.1. The number of carbonyl (C=O) groups excluding carboxylic acids is 3. The molecular weight excluding hydrogens is 500 g/mol. The fraction of sp³-hybridized carbons (Fsp3) is 0.261. The quantitative estimate of drug-likeness (QED) is 0.543. The zero-order chi connectivity index (χ0) is 26.0. The molecule has 2 aliphatic heterocycles. The molecule has 0 radical (unpaired) electrons. The van der Waals surface area contributed by atoms with E-state index in [1.54, 1.807) is 18.2 Å². The number of ether oxygens (including phenoxy) is 1. The van der Waals surface area contributed by atoms with E-state index in [1.807, 2.05) is 0 Å². The van der Waals surface area contributed by atoms with Crippen LogP contribution in [0.3, 0.4) is 0 Å². The van der Waals surface area contributed by atoms with Gasteiger partial charge < -0.3 is 20.5 Å². The van der Waals surface area contributed by atoms with Gasteiger partial charge in [0.15, 0.2) is 0 Å². The maximum absolute atomic E-state index is 13.8. The summed E-state index contributed by atoms with van der Waals surface area (Å²) >= 11 is 6.13. The number of halogens is 3. The molecule has 4 rings (SSSR count). The molecule has 190 valence electrons. The Morgan fingerprint density at radius 3 is 2.58 bits per heavy atom. The summed E-state index contributed by atoms with van der Waals surface area (Å²) in [6.45, 7) is -0.443. The molecule has 0 saturated heterocycles. The largest absolute Gasteiger partial charge is 0.473 e. The van der Waals surface area contributed by atoms with Gasteiger partial charge in [-0.1, -0.05) is 6.07 Å². The zero-order valence-corrected chi connectivity index (χ0v) is 19.6. The summed E-state index contributed by atoms with van der Waals surface area (Å²) in [6.07, 6.45) is 1.41. The van der Waals surface area contributed by atoms with Crippen LogP contribution in [0, 0.1) is 11.6 Å². The Kier molecular flexibility index (Phi) is 7.27. The normalized spacial score (nSPS) is 15.2. The van der Waals surface area contributed by atoms with Crippen LogP contribution in [0.4, 0.5) is 29.7 Å². The Morgan fingerprint density at radius 1 is 1.11 bits per heavy atom. The summed E-state index contributed by atoms with van der Waals surface area (Å²) in [7, 11) is 0. The number of primary amides is 1. The third kappa shape index (κ3) is 5.04. The highest BCUT2D eigenvalue weighted by Crippen LogP contribution is 2.37. The van der Waals surface area contributed by atoms with Gasteiger partial charge in [-0.25, -0.2) is 18.4 Å². The van der Waals surface area contributed by atoms with Crippen LogP contribution in [0.25, 0.3) is 0 Å². The SMILES string of the molecule is NC(=O)N1CN(C(=O)CCO)c2cc(CN3CC=C(OCc4ccc(F)cc4F)N(Cl)C3=O)ccc21. The highest BCUT2D eigenvalue weighted by Gasteiger charge is 2.34. The maximum Gasteiger partial charge on any atom is 0.342 e. The number of nitrogens with two attached hydrogens (primary N) is 1. The Hall–Kier alpha value is -3.90. The van der Waals surface area contributed by atoms with E-state index in [4.69, 9.17) is 27.4 Å². The Bertz CT molecular complexity index is 1240. The number of aliphatic hydroxyl groups is 1. The van der Waals surface area contributed by atoms with Crippen LogP contribution in [0.1, 0.15) is 17.5 Å². The van der Waals surface area contributed by atoms with E-state index in [0.717, 1.165) is 16.6 Å². The Labute approximate surface area is 209 Å². The minimum atomic E-state index is -0.779. The third-order valence-corrected chi connectivity index (χ3v) is 5.99. The number of urea groups is 2. The van der Waals surface area contributed by atoms with Gasteiger partial charge in [0.05, 0.1) is 24.4 Å². The van der Waals surface area contributed by atoms with Crippen LogP contribution in [0.15, 0.2) is 48.4 Å². The maximum atomic E-state index is 13.8.